The van der Waals surface area contributed by atoms with Crippen LogP contribution in [0.3, 0.4) is 0 Å². The second-order valence-corrected chi connectivity index (χ2v) is 6.94. The molecule has 0 unspecified atom stereocenters. The number of hydrogen-bond acceptors (Lipinski definition) is 3. The van der Waals surface area contributed by atoms with Crippen molar-refractivity contribution in [2.75, 3.05) is 13.7 Å². The van der Waals surface area contributed by atoms with Crippen molar-refractivity contribution in [2.24, 2.45) is 0 Å². The Labute approximate surface area is 167 Å². The highest BCUT2D eigenvalue weighted by molar-refractivity contribution is 5.96. The van der Waals surface area contributed by atoms with Gasteiger partial charge in [0.1, 0.15) is 5.75 Å². The fraction of sp³-hybridized carbons (Fsp3) is 0.240. The molecule has 0 aliphatic heterocycles. The fourth-order valence-corrected chi connectivity index (χ4v) is 3.34. The number of nitrogens with one attached hydrogen (secondary N) is 1. The van der Waals surface area contributed by atoms with E-state index >= 15 is 0 Å². The number of benzene rings is 3. The Bertz CT molecular complexity index is 820. The van der Waals surface area contributed by atoms with Crippen LogP contribution in [-0.2, 0) is 12.8 Å². The van der Waals surface area contributed by atoms with E-state index in [4.69, 9.17) is 4.74 Å². The van der Waals surface area contributed by atoms with E-state index in [0.29, 0.717) is 24.3 Å². The van der Waals surface area contributed by atoms with Gasteiger partial charge in [-0.05, 0) is 36.1 Å². The molecule has 0 aliphatic rings. The molecule has 144 valence electrons. The zero-order valence-corrected chi connectivity index (χ0v) is 16.3. The van der Waals surface area contributed by atoms with Crippen molar-refractivity contribution >= 4 is 5.78 Å². The van der Waals surface area contributed by atoms with Crippen molar-refractivity contribution < 1.29 is 9.53 Å². The largest absolute Gasteiger partial charge is 0.497 e. The Kier molecular flexibility index (Phi) is 7.39. The maximum atomic E-state index is 12.5. The lowest BCUT2D eigenvalue weighted by Crippen LogP contribution is -2.34. The van der Waals surface area contributed by atoms with Gasteiger partial charge < -0.3 is 10.1 Å². The van der Waals surface area contributed by atoms with Crippen LogP contribution in [0.5, 0.6) is 5.75 Å². The van der Waals surface area contributed by atoms with Gasteiger partial charge in [0.05, 0.1) is 7.11 Å². The predicted octanol–water partition coefficient (Wildman–Crippen LogP) is 4.71. The second kappa shape index (κ2) is 10.4. The van der Waals surface area contributed by atoms with E-state index in [-0.39, 0.29) is 11.8 Å². The van der Waals surface area contributed by atoms with Crippen molar-refractivity contribution in [3.63, 3.8) is 0 Å². The lowest BCUT2D eigenvalue weighted by atomic mass is 9.98. The minimum Gasteiger partial charge on any atom is -0.497 e. The zero-order chi connectivity index (χ0) is 19.6. The molecule has 1 N–H and O–H groups in total. The van der Waals surface area contributed by atoms with Gasteiger partial charge in [-0.2, -0.15) is 0 Å². The first kappa shape index (κ1) is 19.8. The summed E-state index contributed by atoms with van der Waals surface area (Å²) in [5.41, 5.74) is 3.30. The van der Waals surface area contributed by atoms with E-state index in [0.717, 1.165) is 12.8 Å². The van der Waals surface area contributed by atoms with Crippen molar-refractivity contribution in [2.45, 2.75) is 25.3 Å². The van der Waals surface area contributed by atoms with Gasteiger partial charge in [0.2, 0.25) is 0 Å². The summed E-state index contributed by atoms with van der Waals surface area (Å²) in [5.74, 6) is 0.842. The Morgan fingerprint density at radius 1 is 0.857 bits per heavy atom. The molecule has 0 aromatic heterocycles. The Hall–Kier alpha value is -2.91. The monoisotopic (exact) mass is 373 g/mol. The van der Waals surface area contributed by atoms with Gasteiger partial charge in [-0.3, -0.25) is 4.79 Å². The van der Waals surface area contributed by atoms with Gasteiger partial charge >= 0.3 is 0 Å². The summed E-state index contributed by atoms with van der Waals surface area (Å²) < 4.78 is 5.21. The average Bonchev–Trinajstić information content (AvgIpc) is 2.75. The summed E-state index contributed by atoms with van der Waals surface area (Å²) in [7, 11) is 1.61. The van der Waals surface area contributed by atoms with Crippen molar-refractivity contribution in [1.82, 2.24) is 5.32 Å². The van der Waals surface area contributed by atoms with Crippen LogP contribution in [0.4, 0.5) is 0 Å². The molecule has 3 aromatic carbocycles. The third kappa shape index (κ3) is 6.07. The SMILES string of the molecule is COc1cccc(C(=O)CCNC(Cc2ccccc2)Cc2ccccc2)c1. The topological polar surface area (TPSA) is 38.3 Å². The lowest BCUT2D eigenvalue weighted by molar-refractivity contribution is 0.0981. The van der Waals surface area contributed by atoms with Crippen molar-refractivity contribution in [3.8, 4) is 5.75 Å². The molecule has 0 aliphatic carbocycles. The second-order valence-electron chi connectivity index (χ2n) is 6.94. The third-order valence-electron chi connectivity index (χ3n) is 4.83. The molecule has 3 heteroatoms. The summed E-state index contributed by atoms with van der Waals surface area (Å²) >= 11 is 0. The Morgan fingerprint density at radius 3 is 2.04 bits per heavy atom. The van der Waals surface area contributed by atoms with E-state index < -0.39 is 0 Å². The first-order valence-corrected chi connectivity index (χ1v) is 9.73. The van der Waals surface area contributed by atoms with Crippen LogP contribution in [0.25, 0.3) is 0 Å². The molecule has 0 heterocycles. The number of carbonyl (C=O) groups is 1. The van der Waals surface area contributed by atoms with Crippen LogP contribution < -0.4 is 10.1 Å². The molecule has 0 bridgehead atoms. The minimum atomic E-state index is 0.129. The highest BCUT2D eigenvalue weighted by Crippen LogP contribution is 2.14. The van der Waals surface area contributed by atoms with Gasteiger partial charge in [-0.15, -0.1) is 0 Å². The number of Topliss-reactive ketones (excluding diaryl/α,β-unsaturated/α-hetero) is 1. The highest BCUT2D eigenvalue weighted by Gasteiger charge is 2.12. The molecule has 0 radical (unpaired) electrons. The van der Waals surface area contributed by atoms with Crippen LogP contribution >= 0.6 is 0 Å². The normalized spacial score (nSPS) is 10.8. The predicted molar refractivity (Wildman–Crippen MR) is 114 cm³/mol. The first-order valence-electron chi connectivity index (χ1n) is 9.73. The van der Waals surface area contributed by atoms with E-state index in [1.807, 2.05) is 30.3 Å². The number of ether oxygens (including phenoxy) is 1. The smallest absolute Gasteiger partial charge is 0.164 e. The molecule has 0 saturated carbocycles. The molecular formula is C25H27NO2. The summed E-state index contributed by atoms with van der Waals surface area (Å²) in [5, 5.41) is 3.59. The quantitative estimate of drug-likeness (QED) is 0.523. The summed E-state index contributed by atoms with van der Waals surface area (Å²) in [6.07, 6.45) is 2.33. The molecule has 0 spiro atoms. The zero-order valence-electron chi connectivity index (χ0n) is 16.3. The molecule has 3 aromatic rings. The summed E-state index contributed by atoms with van der Waals surface area (Å²) in [6.45, 7) is 0.653. The van der Waals surface area contributed by atoms with Gasteiger partial charge in [0, 0.05) is 24.6 Å². The number of carbonyl (C=O) groups excluding carboxylic acids is 1. The third-order valence-corrected chi connectivity index (χ3v) is 4.83. The summed E-state index contributed by atoms with van der Waals surface area (Å²) in [6, 6.07) is 28.6. The van der Waals surface area contributed by atoms with Gasteiger partial charge in [0.15, 0.2) is 5.78 Å². The molecule has 0 fully saturated rings. The Balaban J connectivity index is 1.59. The van der Waals surface area contributed by atoms with Gasteiger partial charge in [-0.25, -0.2) is 0 Å². The van der Waals surface area contributed by atoms with Gasteiger partial charge in [-0.1, -0.05) is 72.8 Å². The molecule has 28 heavy (non-hydrogen) atoms. The van der Waals surface area contributed by atoms with Crippen molar-refractivity contribution in [3.05, 3.63) is 102 Å². The fourth-order valence-electron chi connectivity index (χ4n) is 3.34. The standard InChI is InChI=1S/C25H27NO2/c1-28-24-14-8-13-22(19-24)25(27)15-16-26-23(17-20-9-4-2-5-10-20)18-21-11-6-3-7-12-21/h2-14,19,23,26H,15-18H2,1H3. The van der Waals surface area contributed by atoms with E-state index in [9.17, 15) is 4.79 Å². The maximum Gasteiger partial charge on any atom is 0.164 e. The molecule has 3 nitrogen and oxygen atoms in total. The van der Waals surface area contributed by atoms with E-state index in [2.05, 4.69) is 53.8 Å². The van der Waals surface area contributed by atoms with Crippen LogP contribution in [0.1, 0.15) is 27.9 Å². The highest BCUT2D eigenvalue weighted by atomic mass is 16.5. The van der Waals surface area contributed by atoms with Crippen molar-refractivity contribution in [1.29, 1.82) is 0 Å². The molecule has 0 atom stereocenters. The number of hydrogen-bond donors (Lipinski definition) is 1. The van der Waals surface area contributed by atoms with E-state index in [1.54, 1.807) is 13.2 Å². The van der Waals surface area contributed by atoms with E-state index in [1.165, 1.54) is 11.1 Å². The molecule has 0 amide bonds. The molecular weight excluding hydrogens is 346 g/mol. The molecule has 3 rings (SSSR count). The lowest BCUT2D eigenvalue weighted by Gasteiger charge is -2.19. The Morgan fingerprint density at radius 2 is 1.46 bits per heavy atom. The number of ketones is 1. The maximum absolute atomic E-state index is 12.5. The summed E-state index contributed by atoms with van der Waals surface area (Å²) in [4.78, 5) is 12.5. The van der Waals surface area contributed by atoms with Crippen LogP contribution in [-0.4, -0.2) is 25.5 Å². The number of rotatable bonds is 10. The first-order chi connectivity index (χ1) is 13.7. The van der Waals surface area contributed by atoms with Gasteiger partial charge in [0.25, 0.3) is 0 Å². The average molecular weight is 373 g/mol. The van der Waals surface area contributed by atoms with Crippen LogP contribution in [0.15, 0.2) is 84.9 Å². The minimum absolute atomic E-state index is 0.129. The number of methoxy groups -OCH3 is 1. The molecule has 0 saturated heterocycles. The van der Waals surface area contributed by atoms with Crippen LogP contribution in [0.2, 0.25) is 0 Å². The van der Waals surface area contributed by atoms with Crippen LogP contribution in [0, 0.1) is 0 Å².